The zero-order chi connectivity index (χ0) is 22.1. The minimum atomic E-state index is -0.592. The van der Waals surface area contributed by atoms with E-state index in [-0.39, 0.29) is 17.7 Å². The Balaban J connectivity index is 1.94. The van der Waals surface area contributed by atoms with Crippen LogP contribution in [0.4, 0.5) is 4.79 Å². The van der Waals surface area contributed by atoms with E-state index >= 15 is 0 Å². The molecule has 0 radical (unpaired) electrons. The highest BCUT2D eigenvalue weighted by molar-refractivity contribution is 9.10. The van der Waals surface area contributed by atoms with Crippen LogP contribution >= 0.6 is 27.5 Å². The number of carbonyl (C=O) groups is 1. The number of hydrogen-bond acceptors (Lipinski definition) is 4. The number of benzene rings is 1. The molecule has 1 aliphatic rings. The van der Waals surface area contributed by atoms with Crippen LogP contribution in [0.15, 0.2) is 45.8 Å². The minimum absolute atomic E-state index is 0.0330. The maximum atomic E-state index is 13.0. The standard InChI is InChI=1S/C22H27BrClN3O3/c1-21(2,3)30-20(29)26(4)22(15-6-5-7-16(24)14-15)12-10-17(11-13-22)27-19(28)9-8-18(23)25-27/h5-9,14,17H,10-13H2,1-4H3. The highest BCUT2D eigenvalue weighted by Crippen LogP contribution is 2.45. The molecular weight excluding hydrogens is 470 g/mol. The van der Waals surface area contributed by atoms with Gasteiger partial charge in [-0.15, -0.1) is 0 Å². The predicted octanol–water partition coefficient (Wildman–Crippen LogP) is 5.54. The maximum Gasteiger partial charge on any atom is 0.410 e. The van der Waals surface area contributed by atoms with Gasteiger partial charge in [0.25, 0.3) is 5.56 Å². The molecule has 162 valence electrons. The number of carbonyl (C=O) groups excluding carboxylic acids is 1. The largest absolute Gasteiger partial charge is 0.444 e. The van der Waals surface area contributed by atoms with Crippen LogP contribution in [0.5, 0.6) is 0 Å². The van der Waals surface area contributed by atoms with E-state index in [1.54, 1.807) is 22.7 Å². The Morgan fingerprint density at radius 1 is 1.27 bits per heavy atom. The quantitative estimate of drug-likeness (QED) is 0.560. The Hall–Kier alpha value is -1.86. The molecule has 6 nitrogen and oxygen atoms in total. The van der Waals surface area contributed by atoms with Crippen molar-refractivity contribution in [3.63, 3.8) is 0 Å². The number of halogens is 2. The predicted molar refractivity (Wildman–Crippen MR) is 121 cm³/mol. The second-order valence-electron chi connectivity index (χ2n) is 8.75. The van der Waals surface area contributed by atoms with Gasteiger partial charge in [-0.1, -0.05) is 23.7 Å². The van der Waals surface area contributed by atoms with E-state index in [1.165, 1.54) is 6.07 Å². The summed E-state index contributed by atoms with van der Waals surface area (Å²) in [5, 5.41) is 4.98. The molecule has 1 heterocycles. The molecule has 0 bridgehead atoms. The van der Waals surface area contributed by atoms with Gasteiger partial charge in [0.05, 0.1) is 11.6 Å². The van der Waals surface area contributed by atoms with Crippen molar-refractivity contribution in [2.45, 2.75) is 63.6 Å². The van der Waals surface area contributed by atoms with Crippen molar-refractivity contribution >= 4 is 33.6 Å². The van der Waals surface area contributed by atoms with Gasteiger partial charge in [-0.2, -0.15) is 5.10 Å². The zero-order valence-electron chi connectivity index (χ0n) is 17.7. The van der Waals surface area contributed by atoms with Gasteiger partial charge in [0.1, 0.15) is 10.2 Å². The maximum absolute atomic E-state index is 13.0. The molecule has 0 N–H and O–H groups in total. The van der Waals surface area contributed by atoms with Crippen molar-refractivity contribution in [2.75, 3.05) is 7.05 Å². The smallest absolute Gasteiger partial charge is 0.410 e. The van der Waals surface area contributed by atoms with Crippen LogP contribution in [-0.4, -0.2) is 33.4 Å². The Kier molecular flexibility index (Phi) is 6.63. The molecule has 0 unspecified atom stereocenters. The third-order valence-corrected chi connectivity index (χ3v) is 6.25. The Morgan fingerprint density at radius 3 is 2.53 bits per heavy atom. The fourth-order valence-corrected chi connectivity index (χ4v) is 4.58. The fraction of sp³-hybridized carbons (Fsp3) is 0.500. The van der Waals surface area contributed by atoms with E-state index in [0.29, 0.717) is 35.3 Å². The molecule has 1 aromatic heterocycles. The molecular formula is C22H27BrClN3O3. The van der Waals surface area contributed by atoms with Crippen LogP contribution in [0.1, 0.15) is 58.1 Å². The van der Waals surface area contributed by atoms with E-state index in [4.69, 9.17) is 16.3 Å². The number of nitrogens with zero attached hydrogens (tertiary/aromatic N) is 3. The van der Waals surface area contributed by atoms with Crippen molar-refractivity contribution in [1.29, 1.82) is 0 Å². The van der Waals surface area contributed by atoms with Crippen LogP contribution in [0.2, 0.25) is 5.02 Å². The summed E-state index contributed by atoms with van der Waals surface area (Å²) in [6, 6.07) is 10.8. The second kappa shape index (κ2) is 8.71. The van der Waals surface area contributed by atoms with E-state index in [0.717, 1.165) is 5.56 Å². The third kappa shape index (κ3) is 4.89. The summed E-state index contributed by atoms with van der Waals surface area (Å²) < 4.78 is 7.82. The molecule has 1 saturated carbocycles. The first kappa shape index (κ1) is 22.8. The molecule has 8 heteroatoms. The van der Waals surface area contributed by atoms with Gasteiger partial charge in [0.2, 0.25) is 0 Å². The van der Waals surface area contributed by atoms with Crippen molar-refractivity contribution in [3.8, 4) is 0 Å². The number of hydrogen-bond donors (Lipinski definition) is 0. The summed E-state index contributed by atoms with van der Waals surface area (Å²) in [5.74, 6) is 0. The molecule has 30 heavy (non-hydrogen) atoms. The lowest BCUT2D eigenvalue weighted by molar-refractivity contribution is -0.00972. The van der Waals surface area contributed by atoms with Crippen molar-refractivity contribution in [1.82, 2.24) is 14.7 Å². The summed E-state index contributed by atoms with van der Waals surface area (Å²) in [7, 11) is 1.78. The van der Waals surface area contributed by atoms with Gasteiger partial charge in [0.15, 0.2) is 0 Å². The van der Waals surface area contributed by atoms with E-state index < -0.39 is 11.1 Å². The van der Waals surface area contributed by atoms with Gasteiger partial charge < -0.3 is 9.64 Å². The lowest BCUT2D eigenvalue weighted by atomic mass is 9.74. The van der Waals surface area contributed by atoms with Crippen LogP contribution in [0.25, 0.3) is 0 Å². The molecule has 2 aromatic rings. The Labute approximate surface area is 190 Å². The molecule has 0 aliphatic heterocycles. The lowest BCUT2D eigenvalue weighted by Gasteiger charge is -2.47. The summed E-state index contributed by atoms with van der Waals surface area (Å²) in [6.07, 6.45) is 2.34. The first-order valence-corrected chi connectivity index (χ1v) is 11.2. The Bertz CT molecular complexity index is 978. The number of aromatic nitrogens is 2. The minimum Gasteiger partial charge on any atom is -0.444 e. The van der Waals surface area contributed by atoms with Crippen LogP contribution in [0.3, 0.4) is 0 Å². The monoisotopic (exact) mass is 495 g/mol. The summed E-state index contributed by atoms with van der Waals surface area (Å²) in [4.78, 5) is 27.0. The van der Waals surface area contributed by atoms with Crippen LogP contribution in [0, 0.1) is 0 Å². The Morgan fingerprint density at radius 2 is 1.93 bits per heavy atom. The van der Waals surface area contributed by atoms with Gasteiger partial charge in [-0.3, -0.25) is 4.79 Å². The number of ether oxygens (including phenoxy) is 1. The zero-order valence-corrected chi connectivity index (χ0v) is 20.0. The molecule has 3 rings (SSSR count). The summed E-state index contributed by atoms with van der Waals surface area (Å²) in [5.41, 5.74) is -0.319. The normalized spacial score (nSPS) is 21.9. The van der Waals surface area contributed by atoms with Gasteiger partial charge in [-0.05, 0) is 86.1 Å². The molecule has 1 amide bonds. The SMILES string of the molecule is CN(C(=O)OC(C)(C)C)C1(c2cccc(Cl)c2)CCC(n2nc(Br)ccc2=O)CC1. The average molecular weight is 497 g/mol. The molecule has 0 saturated heterocycles. The molecule has 1 fully saturated rings. The van der Waals surface area contributed by atoms with Crippen molar-refractivity contribution in [3.05, 3.63) is 61.9 Å². The average Bonchev–Trinajstić information content (AvgIpc) is 2.68. The first-order valence-electron chi connectivity index (χ1n) is 10.00. The van der Waals surface area contributed by atoms with Gasteiger partial charge in [0, 0.05) is 18.1 Å². The topological polar surface area (TPSA) is 64.4 Å². The van der Waals surface area contributed by atoms with Crippen LogP contribution in [-0.2, 0) is 10.3 Å². The third-order valence-electron chi connectivity index (χ3n) is 5.59. The number of rotatable bonds is 3. The summed E-state index contributed by atoms with van der Waals surface area (Å²) >= 11 is 9.63. The van der Waals surface area contributed by atoms with E-state index in [9.17, 15) is 9.59 Å². The van der Waals surface area contributed by atoms with E-state index in [1.807, 2.05) is 45.0 Å². The molecule has 1 aromatic carbocycles. The molecule has 0 atom stereocenters. The highest BCUT2D eigenvalue weighted by atomic mass is 79.9. The van der Waals surface area contributed by atoms with Crippen molar-refractivity contribution < 1.29 is 9.53 Å². The second-order valence-corrected chi connectivity index (χ2v) is 10.0. The van der Waals surface area contributed by atoms with Crippen molar-refractivity contribution in [2.24, 2.45) is 0 Å². The number of amides is 1. The molecule has 0 spiro atoms. The fourth-order valence-electron chi connectivity index (χ4n) is 4.09. The van der Waals surface area contributed by atoms with Gasteiger partial charge >= 0.3 is 6.09 Å². The van der Waals surface area contributed by atoms with Crippen LogP contribution < -0.4 is 5.56 Å². The first-order chi connectivity index (χ1) is 14.0. The molecule has 1 aliphatic carbocycles. The van der Waals surface area contributed by atoms with E-state index in [2.05, 4.69) is 21.0 Å². The van der Waals surface area contributed by atoms with Gasteiger partial charge in [-0.25, -0.2) is 9.48 Å². The highest BCUT2D eigenvalue weighted by Gasteiger charge is 2.44. The lowest BCUT2D eigenvalue weighted by Crippen LogP contribution is -2.51. The summed E-state index contributed by atoms with van der Waals surface area (Å²) in [6.45, 7) is 5.56.